The molecule has 78 valence electrons. The molecule has 1 atom stereocenters. The summed E-state index contributed by atoms with van der Waals surface area (Å²) in [5.74, 6) is 0. The number of hydrogen-bond acceptors (Lipinski definition) is 1. The normalized spacial score (nSPS) is 13.2. The summed E-state index contributed by atoms with van der Waals surface area (Å²) in [6.45, 7) is 6.57. The molecule has 1 N–H and O–H groups in total. The molecule has 1 rings (SSSR count). The zero-order valence-electron chi connectivity index (χ0n) is 9.05. The monoisotopic (exact) mass is 255 g/mol. The number of halogens is 1. The molecule has 14 heavy (non-hydrogen) atoms. The van der Waals surface area contributed by atoms with Crippen LogP contribution in [0.4, 0.5) is 0 Å². The zero-order valence-corrected chi connectivity index (χ0v) is 10.6. The SMILES string of the molecule is CC[C@@H](NC(C)C)c1cccc(Br)c1. The number of nitrogens with one attached hydrogen (secondary N) is 1. The van der Waals surface area contributed by atoms with Crippen molar-refractivity contribution in [2.75, 3.05) is 0 Å². The highest BCUT2D eigenvalue weighted by Gasteiger charge is 2.09. The molecule has 0 aromatic heterocycles. The van der Waals surface area contributed by atoms with Gasteiger partial charge in [-0.2, -0.15) is 0 Å². The lowest BCUT2D eigenvalue weighted by molar-refractivity contribution is 0.466. The highest BCUT2D eigenvalue weighted by atomic mass is 79.9. The molecule has 2 heteroatoms. The first-order valence-corrected chi connectivity index (χ1v) is 5.94. The van der Waals surface area contributed by atoms with Gasteiger partial charge in [0.15, 0.2) is 0 Å². The smallest absolute Gasteiger partial charge is 0.0320 e. The maximum absolute atomic E-state index is 3.55. The summed E-state index contributed by atoms with van der Waals surface area (Å²) < 4.78 is 1.15. The zero-order chi connectivity index (χ0) is 10.6. The van der Waals surface area contributed by atoms with Crippen LogP contribution in [0.3, 0.4) is 0 Å². The third-order valence-corrected chi connectivity index (χ3v) is 2.69. The molecule has 0 bridgehead atoms. The Balaban J connectivity index is 2.78. The fourth-order valence-corrected chi connectivity index (χ4v) is 1.99. The van der Waals surface area contributed by atoms with Gasteiger partial charge in [-0.1, -0.05) is 48.8 Å². The Morgan fingerprint density at radius 2 is 2.07 bits per heavy atom. The summed E-state index contributed by atoms with van der Waals surface area (Å²) in [4.78, 5) is 0. The molecule has 1 aromatic carbocycles. The van der Waals surface area contributed by atoms with E-state index in [1.165, 1.54) is 5.56 Å². The van der Waals surface area contributed by atoms with Crippen molar-refractivity contribution in [1.29, 1.82) is 0 Å². The van der Waals surface area contributed by atoms with Crippen LogP contribution in [0.5, 0.6) is 0 Å². The Bertz CT molecular complexity index is 283. The number of benzene rings is 1. The largest absolute Gasteiger partial charge is 0.308 e. The van der Waals surface area contributed by atoms with E-state index >= 15 is 0 Å². The lowest BCUT2D eigenvalue weighted by Crippen LogP contribution is -2.27. The van der Waals surface area contributed by atoms with Crippen LogP contribution in [-0.4, -0.2) is 6.04 Å². The molecule has 0 fully saturated rings. The molecule has 0 aliphatic heterocycles. The Morgan fingerprint density at radius 3 is 2.57 bits per heavy atom. The number of hydrogen-bond donors (Lipinski definition) is 1. The first-order chi connectivity index (χ1) is 6.63. The van der Waals surface area contributed by atoms with Crippen molar-refractivity contribution >= 4 is 15.9 Å². The highest BCUT2D eigenvalue weighted by Crippen LogP contribution is 2.20. The van der Waals surface area contributed by atoms with E-state index in [-0.39, 0.29) is 0 Å². The van der Waals surface area contributed by atoms with E-state index in [1.54, 1.807) is 0 Å². The van der Waals surface area contributed by atoms with E-state index in [9.17, 15) is 0 Å². The van der Waals surface area contributed by atoms with Gasteiger partial charge in [0.2, 0.25) is 0 Å². The second-order valence-electron chi connectivity index (χ2n) is 3.84. The molecule has 0 heterocycles. The molecule has 0 amide bonds. The van der Waals surface area contributed by atoms with Gasteiger partial charge in [0, 0.05) is 16.6 Å². The average Bonchev–Trinajstić information content (AvgIpc) is 2.14. The number of rotatable bonds is 4. The van der Waals surface area contributed by atoms with E-state index in [0.29, 0.717) is 12.1 Å². The molecule has 0 spiro atoms. The van der Waals surface area contributed by atoms with Gasteiger partial charge in [0.1, 0.15) is 0 Å². The molecule has 0 aliphatic rings. The Kier molecular flexibility index (Phi) is 4.63. The predicted molar refractivity (Wildman–Crippen MR) is 65.4 cm³/mol. The molecular formula is C12H18BrN. The van der Waals surface area contributed by atoms with Crippen LogP contribution in [-0.2, 0) is 0 Å². The Hall–Kier alpha value is -0.340. The minimum Gasteiger partial charge on any atom is -0.308 e. The van der Waals surface area contributed by atoms with Crippen molar-refractivity contribution in [2.45, 2.75) is 39.3 Å². The summed E-state index contributed by atoms with van der Waals surface area (Å²) >= 11 is 3.50. The first-order valence-electron chi connectivity index (χ1n) is 5.15. The van der Waals surface area contributed by atoms with Crippen molar-refractivity contribution in [3.05, 3.63) is 34.3 Å². The summed E-state index contributed by atoms with van der Waals surface area (Å²) in [6, 6.07) is 9.50. The van der Waals surface area contributed by atoms with Gasteiger partial charge < -0.3 is 5.32 Å². The molecule has 0 unspecified atom stereocenters. The van der Waals surface area contributed by atoms with Gasteiger partial charge in [-0.3, -0.25) is 0 Å². The van der Waals surface area contributed by atoms with Gasteiger partial charge in [-0.15, -0.1) is 0 Å². The third kappa shape index (κ3) is 3.43. The van der Waals surface area contributed by atoms with Crippen LogP contribution in [0.25, 0.3) is 0 Å². The van der Waals surface area contributed by atoms with Crippen LogP contribution in [0.1, 0.15) is 38.8 Å². The quantitative estimate of drug-likeness (QED) is 0.861. The molecule has 0 radical (unpaired) electrons. The standard InChI is InChI=1S/C12H18BrN/c1-4-12(14-9(2)3)10-6-5-7-11(13)8-10/h5-9,12,14H,4H2,1-3H3/t12-/m1/s1. The predicted octanol–water partition coefficient (Wildman–Crippen LogP) is 3.90. The molecule has 1 aromatic rings. The molecule has 0 saturated heterocycles. The summed E-state index contributed by atoms with van der Waals surface area (Å²) in [7, 11) is 0. The highest BCUT2D eigenvalue weighted by molar-refractivity contribution is 9.10. The molecule has 1 nitrogen and oxygen atoms in total. The Morgan fingerprint density at radius 1 is 1.36 bits per heavy atom. The fourth-order valence-electron chi connectivity index (χ4n) is 1.58. The minimum absolute atomic E-state index is 0.465. The van der Waals surface area contributed by atoms with E-state index in [2.05, 4.69) is 66.3 Å². The lowest BCUT2D eigenvalue weighted by atomic mass is 10.0. The lowest BCUT2D eigenvalue weighted by Gasteiger charge is -2.20. The van der Waals surface area contributed by atoms with Crippen LogP contribution in [0, 0.1) is 0 Å². The second kappa shape index (κ2) is 5.52. The second-order valence-corrected chi connectivity index (χ2v) is 4.75. The van der Waals surface area contributed by atoms with Crippen LogP contribution in [0.2, 0.25) is 0 Å². The van der Waals surface area contributed by atoms with Crippen molar-refractivity contribution in [1.82, 2.24) is 5.32 Å². The molecule has 0 aliphatic carbocycles. The van der Waals surface area contributed by atoms with Crippen molar-refractivity contribution in [3.8, 4) is 0 Å². The maximum atomic E-state index is 3.55. The van der Waals surface area contributed by atoms with Crippen molar-refractivity contribution in [3.63, 3.8) is 0 Å². The average molecular weight is 256 g/mol. The van der Waals surface area contributed by atoms with E-state index in [0.717, 1.165) is 10.9 Å². The van der Waals surface area contributed by atoms with Gasteiger partial charge in [0.25, 0.3) is 0 Å². The molecule has 0 saturated carbocycles. The van der Waals surface area contributed by atoms with Gasteiger partial charge in [0.05, 0.1) is 0 Å². The Labute approximate surface area is 95.0 Å². The summed E-state index contributed by atoms with van der Waals surface area (Å²) in [6.07, 6.45) is 1.12. The van der Waals surface area contributed by atoms with Crippen molar-refractivity contribution in [2.24, 2.45) is 0 Å². The first kappa shape index (κ1) is 11.7. The van der Waals surface area contributed by atoms with Gasteiger partial charge >= 0.3 is 0 Å². The van der Waals surface area contributed by atoms with Gasteiger partial charge in [-0.25, -0.2) is 0 Å². The topological polar surface area (TPSA) is 12.0 Å². The maximum Gasteiger partial charge on any atom is 0.0320 e. The van der Waals surface area contributed by atoms with Crippen molar-refractivity contribution < 1.29 is 0 Å². The van der Waals surface area contributed by atoms with E-state index < -0.39 is 0 Å². The van der Waals surface area contributed by atoms with Crippen LogP contribution < -0.4 is 5.32 Å². The third-order valence-electron chi connectivity index (χ3n) is 2.19. The summed E-state index contributed by atoms with van der Waals surface area (Å²) in [5, 5.41) is 3.55. The summed E-state index contributed by atoms with van der Waals surface area (Å²) in [5.41, 5.74) is 1.36. The molecular weight excluding hydrogens is 238 g/mol. The van der Waals surface area contributed by atoms with Crippen LogP contribution >= 0.6 is 15.9 Å². The van der Waals surface area contributed by atoms with Crippen LogP contribution in [0.15, 0.2) is 28.7 Å². The van der Waals surface area contributed by atoms with Gasteiger partial charge in [-0.05, 0) is 24.1 Å². The van der Waals surface area contributed by atoms with E-state index in [1.807, 2.05) is 0 Å². The van der Waals surface area contributed by atoms with E-state index in [4.69, 9.17) is 0 Å². The fraction of sp³-hybridized carbons (Fsp3) is 0.500. The minimum atomic E-state index is 0.465.